The van der Waals surface area contributed by atoms with Gasteiger partial charge in [-0.3, -0.25) is 4.79 Å². The minimum Gasteiger partial charge on any atom is -0.326 e. The van der Waals surface area contributed by atoms with Crippen molar-refractivity contribution in [3.63, 3.8) is 0 Å². The first-order valence-corrected chi connectivity index (χ1v) is 12.6. The average molecular weight is 470 g/mol. The van der Waals surface area contributed by atoms with Crippen LogP contribution in [-0.2, 0) is 24.8 Å². The number of carbonyl (C=O) groups is 1. The van der Waals surface area contributed by atoms with E-state index in [1.165, 1.54) is 29.6 Å². The van der Waals surface area contributed by atoms with Crippen LogP contribution in [0.15, 0.2) is 52.3 Å². The molecule has 1 aliphatic rings. The summed E-state index contributed by atoms with van der Waals surface area (Å²) in [4.78, 5) is 12.8. The molecule has 2 N–H and O–H groups in total. The highest BCUT2D eigenvalue weighted by Crippen LogP contribution is 2.26. The van der Waals surface area contributed by atoms with Crippen molar-refractivity contribution in [1.82, 2.24) is 9.03 Å². The molecule has 0 radical (unpaired) electrons. The molecule has 0 saturated carbocycles. The molecule has 2 aromatic rings. The van der Waals surface area contributed by atoms with E-state index >= 15 is 0 Å². The van der Waals surface area contributed by atoms with Gasteiger partial charge in [0.25, 0.3) is 0 Å². The van der Waals surface area contributed by atoms with Gasteiger partial charge in [0.05, 0.1) is 15.7 Å². The van der Waals surface area contributed by atoms with E-state index in [9.17, 15) is 26.0 Å². The summed E-state index contributed by atoms with van der Waals surface area (Å²) in [6.45, 7) is 1.90. The number of anilines is 1. The van der Waals surface area contributed by atoms with Crippen LogP contribution < -0.4 is 10.0 Å². The Bertz CT molecular complexity index is 1180. The van der Waals surface area contributed by atoms with Crippen LogP contribution in [0.25, 0.3) is 0 Å². The number of benzene rings is 2. The molecule has 1 heterocycles. The van der Waals surface area contributed by atoms with Gasteiger partial charge in [0.15, 0.2) is 0 Å². The Morgan fingerprint density at radius 2 is 1.77 bits per heavy atom. The van der Waals surface area contributed by atoms with Gasteiger partial charge in [-0.1, -0.05) is 6.07 Å². The summed E-state index contributed by atoms with van der Waals surface area (Å²) >= 11 is 0. The molecule has 0 spiro atoms. The molecule has 1 atom stereocenters. The van der Waals surface area contributed by atoms with E-state index in [2.05, 4.69) is 10.0 Å². The molecule has 8 nitrogen and oxygen atoms in total. The third-order valence-corrected chi connectivity index (χ3v) is 8.66. The fourth-order valence-corrected chi connectivity index (χ4v) is 5.97. The van der Waals surface area contributed by atoms with Crippen LogP contribution in [0.1, 0.15) is 18.4 Å². The number of carbonyl (C=O) groups excluding carboxylic acids is 1. The summed E-state index contributed by atoms with van der Waals surface area (Å²) < 4.78 is 66.6. The number of nitrogens with zero attached hydrogens (tertiary/aromatic N) is 1. The lowest BCUT2D eigenvalue weighted by molar-refractivity contribution is -0.120. The van der Waals surface area contributed by atoms with Crippen LogP contribution in [-0.4, -0.2) is 47.2 Å². The van der Waals surface area contributed by atoms with Gasteiger partial charge in [-0.05, 0) is 68.8 Å². The maximum absolute atomic E-state index is 13.1. The molecule has 31 heavy (non-hydrogen) atoms. The highest BCUT2D eigenvalue weighted by molar-refractivity contribution is 7.89. The van der Waals surface area contributed by atoms with Crippen molar-refractivity contribution in [1.29, 1.82) is 0 Å². The molecule has 0 aromatic heterocycles. The smallest absolute Gasteiger partial charge is 0.243 e. The Morgan fingerprint density at radius 3 is 2.42 bits per heavy atom. The van der Waals surface area contributed by atoms with Crippen molar-refractivity contribution in [2.24, 2.45) is 5.92 Å². The van der Waals surface area contributed by atoms with Gasteiger partial charge in [0.1, 0.15) is 5.82 Å². The van der Waals surface area contributed by atoms with Crippen molar-refractivity contribution >= 4 is 31.6 Å². The van der Waals surface area contributed by atoms with Crippen molar-refractivity contribution in [3.8, 4) is 0 Å². The lowest BCUT2D eigenvalue weighted by Crippen LogP contribution is -2.43. The van der Waals surface area contributed by atoms with Crippen molar-refractivity contribution in [2.75, 3.05) is 25.5 Å². The second-order valence-corrected chi connectivity index (χ2v) is 11.1. The SMILES string of the molecule is CNS(=O)(=O)c1cc(NC(=O)C2CCCN(S(=O)(=O)c3ccc(F)cc3)C2)ccc1C. The van der Waals surface area contributed by atoms with Gasteiger partial charge in [0.2, 0.25) is 26.0 Å². The zero-order chi connectivity index (χ0) is 22.8. The summed E-state index contributed by atoms with van der Waals surface area (Å²) in [5.41, 5.74) is 0.838. The van der Waals surface area contributed by atoms with Crippen molar-refractivity contribution in [3.05, 3.63) is 53.8 Å². The van der Waals surface area contributed by atoms with E-state index < -0.39 is 37.7 Å². The number of halogens is 1. The molecule has 11 heteroatoms. The lowest BCUT2D eigenvalue weighted by Gasteiger charge is -2.31. The van der Waals surface area contributed by atoms with Crippen molar-refractivity contribution in [2.45, 2.75) is 29.6 Å². The largest absolute Gasteiger partial charge is 0.326 e. The van der Waals surface area contributed by atoms with Gasteiger partial charge in [-0.15, -0.1) is 0 Å². The average Bonchev–Trinajstić information content (AvgIpc) is 2.75. The van der Waals surface area contributed by atoms with Gasteiger partial charge in [-0.25, -0.2) is 25.9 Å². The Balaban J connectivity index is 1.76. The highest BCUT2D eigenvalue weighted by Gasteiger charge is 2.33. The molecular weight excluding hydrogens is 445 g/mol. The summed E-state index contributed by atoms with van der Waals surface area (Å²) in [6.07, 6.45) is 0.987. The molecule has 1 unspecified atom stereocenters. The van der Waals surface area contributed by atoms with E-state index in [0.717, 1.165) is 12.1 Å². The Morgan fingerprint density at radius 1 is 1.10 bits per heavy atom. The quantitative estimate of drug-likeness (QED) is 0.673. The third kappa shape index (κ3) is 5.12. The number of rotatable bonds is 6. The Labute approximate surface area is 181 Å². The highest BCUT2D eigenvalue weighted by atomic mass is 32.2. The van der Waals surface area contributed by atoms with E-state index in [0.29, 0.717) is 24.1 Å². The first-order valence-electron chi connectivity index (χ1n) is 9.65. The molecule has 3 rings (SSSR count). The summed E-state index contributed by atoms with van der Waals surface area (Å²) in [7, 11) is -6.24. The number of sulfonamides is 2. The van der Waals surface area contributed by atoms with E-state index in [1.807, 2.05) is 0 Å². The standard InChI is InChI=1S/C20H24FN3O5S2/c1-14-5-8-17(12-19(14)30(26,27)22-2)23-20(25)15-4-3-11-24(13-15)31(28,29)18-9-6-16(21)7-10-18/h5-10,12,15,22H,3-4,11,13H2,1-2H3,(H,23,25). The summed E-state index contributed by atoms with van der Waals surface area (Å²) in [6, 6.07) is 9.11. The molecular formula is C20H24FN3O5S2. The van der Waals surface area contributed by atoms with Crippen LogP contribution in [0.4, 0.5) is 10.1 Å². The van der Waals surface area contributed by atoms with Gasteiger partial charge >= 0.3 is 0 Å². The predicted molar refractivity (Wildman–Crippen MR) is 114 cm³/mol. The monoisotopic (exact) mass is 469 g/mol. The molecule has 0 bridgehead atoms. The molecule has 168 valence electrons. The lowest BCUT2D eigenvalue weighted by atomic mass is 9.98. The molecule has 1 amide bonds. The number of hydrogen-bond acceptors (Lipinski definition) is 5. The fourth-order valence-electron chi connectivity index (χ4n) is 3.45. The number of nitrogens with one attached hydrogen (secondary N) is 2. The maximum Gasteiger partial charge on any atom is 0.243 e. The number of amides is 1. The normalized spacial score (nSPS) is 18.0. The number of piperidine rings is 1. The predicted octanol–water partition coefficient (Wildman–Crippen LogP) is 2.08. The zero-order valence-corrected chi connectivity index (χ0v) is 18.8. The van der Waals surface area contributed by atoms with Crippen LogP contribution in [0.3, 0.4) is 0 Å². The minimum absolute atomic E-state index is 0.0148. The third-order valence-electron chi connectivity index (χ3n) is 5.22. The molecule has 2 aromatic carbocycles. The van der Waals surface area contributed by atoms with Gasteiger partial charge in [-0.2, -0.15) is 4.31 Å². The van der Waals surface area contributed by atoms with Gasteiger partial charge in [0, 0.05) is 18.8 Å². The Kier molecular flexibility index (Phi) is 6.79. The second-order valence-electron chi connectivity index (χ2n) is 7.33. The topological polar surface area (TPSA) is 113 Å². The van der Waals surface area contributed by atoms with Crippen LogP contribution in [0, 0.1) is 18.7 Å². The fraction of sp³-hybridized carbons (Fsp3) is 0.350. The van der Waals surface area contributed by atoms with Crippen LogP contribution >= 0.6 is 0 Å². The molecule has 1 saturated heterocycles. The molecule has 0 aliphatic carbocycles. The Hall–Kier alpha value is -2.34. The summed E-state index contributed by atoms with van der Waals surface area (Å²) in [5.74, 6) is -1.53. The molecule has 1 aliphatic heterocycles. The van der Waals surface area contributed by atoms with E-state index in [-0.39, 0.29) is 22.9 Å². The first kappa shape index (κ1) is 23.3. The van der Waals surface area contributed by atoms with Crippen LogP contribution in [0.2, 0.25) is 0 Å². The van der Waals surface area contributed by atoms with E-state index in [4.69, 9.17) is 0 Å². The zero-order valence-electron chi connectivity index (χ0n) is 17.1. The number of aryl methyl sites for hydroxylation is 1. The maximum atomic E-state index is 13.1. The first-order chi connectivity index (χ1) is 14.5. The van der Waals surface area contributed by atoms with Crippen molar-refractivity contribution < 1.29 is 26.0 Å². The summed E-state index contributed by atoms with van der Waals surface area (Å²) in [5, 5.41) is 2.69. The second kappa shape index (κ2) is 9.03. The van der Waals surface area contributed by atoms with Gasteiger partial charge < -0.3 is 5.32 Å². The molecule has 1 fully saturated rings. The van der Waals surface area contributed by atoms with Crippen LogP contribution in [0.5, 0.6) is 0 Å². The number of hydrogen-bond donors (Lipinski definition) is 2. The minimum atomic E-state index is -3.85. The van der Waals surface area contributed by atoms with E-state index in [1.54, 1.807) is 19.1 Å².